The van der Waals surface area contributed by atoms with E-state index in [4.69, 9.17) is 23.2 Å². The maximum absolute atomic E-state index is 12.5. The second-order valence-electron chi connectivity index (χ2n) is 5.60. The summed E-state index contributed by atoms with van der Waals surface area (Å²) in [5.74, 6) is -0.255. The molecule has 0 spiro atoms. The van der Waals surface area contributed by atoms with Gasteiger partial charge < -0.3 is 0 Å². The number of carbonyl (C=O) groups excluding carboxylic acids is 2. The molecule has 0 saturated carbocycles. The molecular weight excluding hydrogens is 377 g/mol. The number of imide groups is 1. The molecule has 0 N–H and O–H groups in total. The largest absolute Gasteiger partial charge is 0.293 e. The Balaban J connectivity index is 1.65. The van der Waals surface area contributed by atoms with Crippen LogP contribution in [-0.2, 0) is 11.2 Å². The van der Waals surface area contributed by atoms with Gasteiger partial charge >= 0.3 is 0 Å². The number of thioether (sulfide) groups is 1. The summed E-state index contributed by atoms with van der Waals surface area (Å²) >= 11 is 12.8. The monoisotopic (exact) mass is 391 g/mol. The fourth-order valence-corrected chi connectivity index (χ4v) is 3.70. The number of rotatable bonds is 5. The molecule has 0 aromatic heterocycles. The Bertz CT molecular complexity index is 837. The van der Waals surface area contributed by atoms with E-state index in [0.717, 1.165) is 30.2 Å². The van der Waals surface area contributed by atoms with E-state index in [-0.39, 0.29) is 11.1 Å². The van der Waals surface area contributed by atoms with E-state index < -0.39 is 0 Å². The van der Waals surface area contributed by atoms with Crippen LogP contribution in [0.4, 0.5) is 4.79 Å². The number of aryl methyl sites for hydroxylation is 1. The van der Waals surface area contributed by atoms with Crippen molar-refractivity contribution in [3.63, 3.8) is 0 Å². The highest BCUT2D eigenvalue weighted by atomic mass is 35.5. The van der Waals surface area contributed by atoms with Gasteiger partial charge in [-0.1, -0.05) is 59.6 Å². The Hall–Kier alpha value is -1.75. The third-order valence-electron chi connectivity index (χ3n) is 3.81. The third-order valence-corrected chi connectivity index (χ3v) is 5.45. The molecule has 0 unspecified atom stereocenters. The first-order valence-electron chi connectivity index (χ1n) is 7.79. The molecule has 3 nitrogen and oxygen atoms in total. The van der Waals surface area contributed by atoms with E-state index in [2.05, 4.69) is 0 Å². The highest BCUT2D eigenvalue weighted by Crippen LogP contribution is 2.33. The zero-order valence-corrected chi connectivity index (χ0v) is 15.6. The molecule has 2 aromatic rings. The van der Waals surface area contributed by atoms with Gasteiger partial charge in [0.05, 0.1) is 15.0 Å². The molecule has 0 aliphatic carbocycles. The van der Waals surface area contributed by atoms with Crippen molar-refractivity contribution in [1.29, 1.82) is 0 Å². The number of nitrogens with zero attached hydrogens (tertiary/aromatic N) is 1. The van der Waals surface area contributed by atoms with E-state index in [9.17, 15) is 9.59 Å². The first kappa shape index (κ1) is 18.1. The van der Waals surface area contributed by atoms with E-state index >= 15 is 0 Å². The summed E-state index contributed by atoms with van der Waals surface area (Å²) in [6, 6.07) is 15.1. The third kappa shape index (κ3) is 4.46. The minimum Gasteiger partial charge on any atom is -0.268 e. The normalized spacial score (nSPS) is 16.1. The number of carbonyl (C=O) groups is 2. The molecule has 1 saturated heterocycles. The van der Waals surface area contributed by atoms with E-state index in [1.807, 2.05) is 30.3 Å². The summed E-state index contributed by atoms with van der Waals surface area (Å²) in [6.45, 7) is 0.415. The maximum Gasteiger partial charge on any atom is 0.293 e. The van der Waals surface area contributed by atoms with E-state index in [1.54, 1.807) is 24.3 Å². The Labute approximate surface area is 160 Å². The predicted molar refractivity (Wildman–Crippen MR) is 104 cm³/mol. The van der Waals surface area contributed by atoms with Crippen LogP contribution >= 0.6 is 35.0 Å². The van der Waals surface area contributed by atoms with Crippen LogP contribution in [0.3, 0.4) is 0 Å². The van der Waals surface area contributed by atoms with E-state index in [1.165, 1.54) is 10.5 Å². The number of hydrogen-bond acceptors (Lipinski definition) is 3. The van der Waals surface area contributed by atoms with Crippen LogP contribution in [0.1, 0.15) is 17.5 Å². The second kappa shape index (κ2) is 8.09. The van der Waals surface area contributed by atoms with E-state index in [0.29, 0.717) is 21.5 Å². The lowest BCUT2D eigenvalue weighted by Gasteiger charge is -2.12. The molecule has 0 bridgehead atoms. The van der Waals surface area contributed by atoms with Crippen molar-refractivity contribution < 1.29 is 9.59 Å². The predicted octanol–water partition coefficient (Wildman–Crippen LogP) is 5.66. The highest BCUT2D eigenvalue weighted by molar-refractivity contribution is 8.18. The Morgan fingerprint density at radius 1 is 1.00 bits per heavy atom. The van der Waals surface area contributed by atoms with Crippen molar-refractivity contribution in [3.05, 3.63) is 74.6 Å². The molecule has 2 amide bonds. The van der Waals surface area contributed by atoms with Gasteiger partial charge in [0, 0.05) is 6.54 Å². The number of halogens is 2. The molecule has 1 fully saturated rings. The maximum atomic E-state index is 12.5. The van der Waals surface area contributed by atoms with Crippen LogP contribution < -0.4 is 0 Å². The van der Waals surface area contributed by atoms with Gasteiger partial charge in [0.15, 0.2) is 0 Å². The fourth-order valence-electron chi connectivity index (χ4n) is 2.53. The molecule has 1 aliphatic heterocycles. The second-order valence-corrected chi connectivity index (χ2v) is 7.40. The molecular formula is C19H15Cl2NO2S. The van der Waals surface area contributed by atoms with Crippen molar-refractivity contribution in [3.8, 4) is 0 Å². The van der Waals surface area contributed by atoms with Crippen molar-refractivity contribution in [2.24, 2.45) is 0 Å². The fraction of sp³-hybridized carbons (Fsp3) is 0.158. The molecule has 6 heteroatoms. The zero-order chi connectivity index (χ0) is 17.8. The summed E-state index contributed by atoms with van der Waals surface area (Å²) in [7, 11) is 0. The Morgan fingerprint density at radius 3 is 2.48 bits per heavy atom. The zero-order valence-electron chi connectivity index (χ0n) is 13.2. The summed E-state index contributed by atoms with van der Waals surface area (Å²) in [4.78, 5) is 26.3. The van der Waals surface area contributed by atoms with Crippen LogP contribution in [0.2, 0.25) is 10.0 Å². The smallest absolute Gasteiger partial charge is 0.268 e. The topological polar surface area (TPSA) is 37.4 Å². The minimum atomic E-state index is -0.255. The van der Waals surface area contributed by atoms with Crippen LogP contribution in [0.25, 0.3) is 6.08 Å². The SMILES string of the molecule is O=C1S/C(=C/c2ccc(Cl)c(Cl)c2)C(=O)N1CCCc1ccccc1. The summed E-state index contributed by atoms with van der Waals surface area (Å²) in [6.07, 6.45) is 3.24. The minimum absolute atomic E-state index is 0.232. The van der Waals surface area contributed by atoms with Crippen LogP contribution in [-0.4, -0.2) is 22.6 Å². The van der Waals surface area contributed by atoms with Crippen LogP contribution in [0.5, 0.6) is 0 Å². The lowest BCUT2D eigenvalue weighted by atomic mass is 10.1. The van der Waals surface area contributed by atoms with Crippen LogP contribution in [0.15, 0.2) is 53.4 Å². The van der Waals surface area contributed by atoms with Gasteiger partial charge in [-0.05, 0) is 53.9 Å². The highest BCUT2D eigenvalue weighted by Gasteiger charge is 2.34. The lowest BCUT2D eigenvalue weighted by Crippen LogP contribution is -2.29. The molecule has 25 heavy (non-hydrogen) atoms. The first-order chi connectivity index (χ1) is 12.0. The van der Waals surface area contributed by atoms with Crippen molar-refractivity contribution in [2.45, 2.75) is 12.8 Å². The van der Waals surface area contributed by atoms with Crippen molar-refractivity contribution in [2.75, 3.05) is 6.54 Å². The molecule has 1 aliphatic rings. The van der Waals surface area contributed by atoms with Gasteiger partial charge in [-0.2, -0.15) is 0 Å². The first-order valence-corrected chi connectivity index (χ1v) is 9.36. The average molecular weight is 392 g/mol. The Morgan fingerprint density at radius 2 is 1.76 bits per heavy atom. The van der Waals surface area contributed by atoms with Gasteiger partial charge in [-0.15, -0.1) is 0 Å². The van der Waals surface area contributed by atoms with Gasteiger partial charge in [0.1, 0.15) is 0 Å². The molecule has 0 atom stereocenters. The number of benzene rings is 2. The molecule has 0 radical (unpaired) electrons. The number of amides is 2. The molecule has 1 heterocycles. The molecule has 3 rings (SSSR count). The van der Waals surface area contributed by atoms with Gasteiger partial charge in [0.2, 0.25) is 0 Å². The van der Waals surface area contributed by atoms with Crippen molar-refractivity contribution >= 4 is 52.2 Å². The van der Waals surface area contributed by atoms with Crippen LogP contribution in [0, 0.1) is 0 Å². The van der Waals surface area contributed by atoms with Gasteiger partial charge in [0.25, 0.3) is 11.1 Å². The van der Waals surface area contributed by atoms with Crippen molar-refractivity contribution in [1.82, 2.24) is 4.90 Å². The number of hydrogen-bond donors (Lipinski definition) is 0. The Kier molecular flexibility index (Phi) is 5.84. The quantitative estimate of drug-likeness (QED) is 0.616. The lowest BCUT2D eigenvalue weighted by molar-refractivity contribution is -0.122. The summed E-state index contributed by atoms with van der Waals surface area (Å²) in [5.41, 5.74) is 1.94. The summed E-state index contributed by atoms with van der Waals surface area (Å²) < 4.78 is 0. The van der Waals surface area contributed by atoms with Gasteiger partial charge in [-0.3, -0.25) is 14.5 Å². The molecule has 128 valence electrons. The summed E-state index contributed by atoms with van der Waals surface area (Å²) in [5, 5.41) is 0.634. The standard InChI is InChI=1S/C19H15Cl2NO2S/c20-15-9-8-14(11-16(15)21)12-17-18(23)22(19(24)25-17)10-4-7-13-5-2-1-3-6-13/h1-3,5-6,8-9,11-12H,4,7,10H2/b17-12+. The average Bonchev–Trinajstić information content (AvgIpc) is 2.86. The van der Waals surface area contributed by atoms with Gasteiger partial charge in [-0.25, -0.2) is 0 Å². The molecule has 2 aromatic carbocycles.